The first-order valence-corrected chi connectivity index (χ1v) is 5.76. The zero-order chi connectivity index (χ0) is 10.7. The highest BCUT2D eigenvalue weighted by atomic mass is 15.2. The van der Waals surface area contributed by atoms with E-state index in [4.69, 9.17) is 5.73 Å². The van der Waals surface area contributed by atoms with Crippen molar-refractivity contribution in [3.63, 3.8) is 0 Å². The Morgan fingerprint density at radius 1 is 1.47 bits per heavy atom. The maximum absolute atomic E-state index is 5.91. The first-order chi connectivity index (χ1) is 7.31. The van der Waals surface area contributed by atoms with Crippen molar-refractivity contribution in [1.82, 2.24) is 4.98 Å². The third-order valence-electron chi connectivity index (χ3n) is 3.31. The number of nitrogen functional groups attached to an aromatic ring is 1. The summed E-state index contributed by atoms with van der Waals surface area (Å²) in [4.78, 5) is 6.66. The summed E-state index contributed by atoms with van der Waals surface area (Å²) in [5.74, 6) is 1.86. The Bertz CT molecular complexity index is 316. The molecule has 82 valence electrons. The Hall–Kier alpha value is -1.25. The third-order valence-corrected chi connectivity index (χ3v) is 3.31. The minimum absolute atomic E-state index is 0.799. The van der Waals surface area contributed by atoms with Gasteiger partial charge in [0.05, 0.1) is 5.69 Å². The van der Waals surface area contributed by atoms with Crippen molar-refractivity contribution >= 4 is 11.5 Å². The van der Waals surface area contributed by atoms with Crippen molar-refractivity contribution < 1.29 is 0 Å². The van der Waals surface area contributed by atoms with E-state index in [1.807, 2.05) is 18.3 Å². The summed E-state index contributed by atoms with van der Waals surface area (Å²) < 4.78 is 0. The van der Waals surface area contributed by atoms with Gasteiger partial charge in [-0.1, -0.05) is 13.3 Å². The Balaban J connectivity index is 2.04. The van der Waals surface area contributed by atoms with Crippen LogP contribution in [-0.4, -0.2) is 18.1 Å². The van der Waals surface area contributed by atoms with Crippen molar-refractivity contribution in [3.05, 3.63) is 18.3 Å². The molecule has 0 radical (unpaired) electrons. The lowest BCUT2D eigenvalue weighted by molar-refractivity contribution is 0.394. The van der Waals surface area contributed by atoms with Crippen LogP contribution in [0.3, 0.4) is 0 Å². The highest BCUT2D eigenvalue weighted by Gasteiger charge is 2.19. The van der Waals surface area contributed by atoms with E-state index in [0.717, 1.165) is 30.5 Å². The molecule has 2 rings (SSSR count). The number of aromatic nitrogens is 1. The van der Waals surface area contributed by atoms with Crippen LogP contribution < -0.4 is 10.6 Å². The lowest BCUT2D eigenvalue weighted by Crippen LogP contribution is -2.34. The van der Waals surface area contributed by atoms with Gasteiger partial charge < -0.3 is 10.6 Å². The van der Waals surface area contributed by atoms with E-state index in [0.29, 0.717) is 0 Å². The molecule has 3 nitrogen and oxygen atoms in total. The summed E-state index contributed by atoms with van der Waals surface area (Å²) in [6, 6.07) is 3.81. The largest absolute Gasteiger partial charge is 0.396 e. The van der Waals surface area contributed by atoms with Gasteiger partial charge in [0.2, 0.25) is 0 Å². The lowest BCUT2D eigenvalue weighted by Gasteiger charge is -2.32. The third kappa shape index (κ3) is 2.22. The molecule has 1 fully saturated rings. The van der Waals surface area contributed by atoms with Gasteiger partial charge in [0.25, 0.3) is 0 Å². The fourth-order valence-corrected chi connectivity index (χ4v) is 2.23. The molecule has 0 atom stereocenters. The smallest absolute Gasteiger partial charge is 0.151 e. The van der Waals surface area contributed by atoms with Crippen LogP contribution >= 0.6 is 0 Å². The van der Waals surface area contributed by atoms with E-state index in [-0.39, 0.29) is 0 Å². The summed E-state index contributed by atoms with van der Waals surface area (Å²) in [7, 11) is 0. The Morgan fingerprint density at radius 3 is 2.80 bits per heavy atom. The summed E-state index contributed by atoms with van der Waals surface area (Å²) in [6.07, 6.45) is 5.65. The molecule has 0 aliphatic carbocycles. The molecule has 1 aliphatic rings. The number of nitrogens with zero attached hydrogens (tertiary/aromatic N) is 2. The van der Waals surface area contributed by atoms with Gasteiger partial charge >= 0.3 is 0 Å². The molecule has 3 heteroatoms. The van der Waals surface area contributed by atoms with Gasteiger partial charge in [-0.2, -0.15) is 0 Å². The molecular weight excluding hydrogens is 186 g/mol. The zero-order valence-electron chi connectivity index (χ0n) is 9.32. The Labute approximate surface area is 91.3 Å². The Kier molecular flexibility index (Phi) is 3.09. The summed E-state index contributed by atoms with van der Waals surface area (Å²) >= 11 is 0. The molecule has 0 spiro atoms. The summed E-state index contributed by atoms with van der Waals surface area (Å²) in [5, 5.41) is 0. The molecule has 0 bridgehead atoms. The highest BCUT2D eigenvalue weighted by molar-refractivity contribution is 5.62. The van der Waals surface area contributed by atoms with Gasteiger partial charge in [0.1, 0.15) is 0 Å². The number of rotatable bonds is 2. The fourth-order valence-electron chi connectivity index (χ4n) is 2.23. The van der Waals surface area contributed by atoms with Crippen molar-refractivity contribution in [2.45, 2.75) is 26.2 Å². The second-order valence-electron chi connectivity index (χ2n) is 4.25. The number of hydrogen-bond donors (Lipinski definition) is 1. The van der Waals surface area contributed by atoms with Crippen molar-refractivity contribution in [3.8, 4) is 0 Å². The molecule has 1 aliphatic heterocycles. The lowest BCUT2D eigenvalue weighted by atomic mass is 9.94. The average molecular weight is 205 g/mol. The van der Waals surface area contributed by atoms with E-state index in [1.54, 1.807) is 0 Å². The van der Waals surface area contributed by atoms with Crippen LogP contribution in [0.15, 0.2) is 18.3 Å². The maximum Gasteiger partial charge on any atom is 0.151 e. The fraction of sp³-hybridized carbons (Fsp3) is 0.583. The van der Waals surface area contributed by atoms with E-state index in [1.165, 1.54) is 19.3 Å². The predicted octanol–water partition coefficient (Wildman–Crippen LogP) is 2.29. The Morgan fingerprint density at radius 2 is 2.20 bits per heavy atom. The molecule has 0 saturated carbocycles. The topological polar surface area (TPSA) is 42.2 Å². The van der Waals surface area contributed by atoms with Crippen LogP contribution in [0.2, 0.25) is 0 Å². The molecule has 2 N–H and O–H groups in total. The molecule has 2 heterocycles. The monoisotopic (exact) mass is 205 g/mol. The highest BCUT2D eigenvalue weighted by Crippen LogP contribution is 2.26. The molecule has 0 unspecified atom stereocenters. The van der Waals surface area contributed by atoms with Crippen LogP contribution in [-0.2, 0) is 0 Å². The second kappa shape index (κ2) is 4.51. The van der Waals surface area contributed by atoms with Gasteiger partial charge in [-0.25, -0.2) is 4.98 Å². The SMILES string of the molecule is CCC1CCN(c2ncccc2N)CC1. The van der Waals surface area contributed by atoms with E-state index < -0.39 is 0 Å². The second-order valence-corrected chi connectivity index (χ2v) is 4.25. The average Bonchev–Trinajstić information content (AvgIpc) is 2.30. The molecule has 15 heavy (non-hydrogen) atoms. The number of pyridine rings is 1. The number of hydrogen-bond acceptors (Lipinski definition) is 3. The maximum atomic E-state index is 5.91. The minimum Gasteiger partial charge on any atom is -0.396 e. The first kappa shape index (κ1) is 10.3. The minimum atomic E-state index is 0.799. The zero-order valence-corrected chi connectivity index (χ0v) is 9.32. The van der Waals surface area contributed by atoms with Gasteiger partial charge in [-0.05, 0) is 30.9 Å². The van der Waals surface area contributed by atoms with Crippen LogP contribution in [0.4, 0.5) is 11.5 Å². The molecule has 1 aromatic rings. The molecule has 0 amide bonds. The van der Waals surface area contributed by atoms with Gasteiger partial charge in [-0.3, -0.25) is 0 Å². The van der Waals surface area contributed by atoms with Crippen molar-refractivity contribution in [2.24, 2.45) is 5.92 Å². The van der Waals surface area contributed by atoms with Crippen LogP contribution in [0.1, 0.15) is 26.2 Å². The summed E-state index contributed by atoms with van der Waals surface area (Å²) in [5.41, 5.74) is 6.71. The van der Waals surface area contributed by atoms with Gasteiger partial charge in [0.15, 0.2) is 5.82 Å². The van der Waals surface area contributed by atoms with Gasteiger partial charge in [-0.15, -0.1) is 0 Å². The molecule has 1 aromatic heterocycles. The van der Waals surface area contributed by atoms with Gasteiger partial charge in [0, 0.05) is 19.3 Å². The van der Waals surface area contributed by atoms with Crippen LogP contribution in [0.25, 0.3) is 0 Å². The van der Waals surface area contributed by atoms with E-state index in [2.05, 4.69) is 16.8 Å². The van der Waals surface area contributed by atoms with Crippen LogP contribution in [0, 0.1) is 5.92 Å². The summed E-state index contributed by atoms with van der Waals surface area (Å²) in [6.45, 7) is 4.47. The number of nitrogens with two attached hydrogens (primary N) is 1. The molecule has 0 aromatic carbocycles. The van der Waals surface area contributed by atoms with E-state index in [9.17, 15) is 0 Å². The standard InChI is InChI=1S/C12H19N3/c1-2-10-5-8-15(9-6-10)12-11(13)4-3-7-14-12/h3-4,7,10H,2,5-6,8-9,13H2,1H3. The first-order valence-electron chi connectivity index (χ1n) is 5.76. The number of anilines is 2. The predicted molar refractivity (Wildman–Crippen MR) is 63.9 cm³/mol. The van der Waals surface area contributed by atoms with E-state index >= 15 is 0 Å². The van der Waals surface area contributed by atoms with Crippen molar-refractivity contribution in [1.29, 1.82) is 0 Å². The molecular formula is C12H19N3. The number of piperidine rings is 1. The normalized spacial score (nSPS) is 18.1. The van der Waals surface area contributed by atoms with Crippen molar-refractivity contribution in [2.75, 3.05) is 23.7 Å². The molecule has 1 saturated heterocycles. The quantitative estimate of drug-likeness (QED) is 0.805. The van der Waals surface area contributed by atoms with Crippen LogP contribution in [0.5, 0.6) is 0 Å².